The summed E-state index contributed by atoms with van der Waals surface area (Å²) in [4.78, 5) is 14.4. The molecule has 1 N–H and O–H groups in total. The quantitative estimate of drug-likeness (QED) is 0.783. The fraction of sp³-hybridized carbons (Fsp3) is 0.435. The molecule has 2 aromatic carbocycles. The van der Waals surface area contributed by atoms with Crippen LogP contribution < -0.4 is 9.47 Å². The molecule has 4 rings (SSSR count). The molecule has 2 aliphatic rings. The molecule has 7 heteroatoms. The molecule has 3 atom stereocenters. The number of benzene rings is 2. The van der Waals surface area contributed by atoms with E-state index in [9.17, 15) is 18.7 Å². The number of carbonyl (C=O) groups is 1. The van der Waals surface area contributed by atoms with Gasteiger partial charge in [0.1, 0.15) is 35.3 Å². The van der Waals surface area contributed by atoms with Crippen molar-refractivity contribution >= 4 is 5.78 Å². The Morgan fingerprint density at radius 1 is 1.07 bits per heavy atom. The summed E-state index contributed by atoms with van der Waals surface area (Å²) >= 11 is 0. The largest absolute Gasteiger partial charge is 0.487 e. The smallest absolute Gasteiger partial charge is 0.187 e. The molecule has 0 spiro atoms. The van der Waals surface area contributed by atoms with Gasteiger partial charge < -0.3 is 14.6 Å². The molecule has 160 valence electrons. The lowest BCUT2D eigenvalue weighted by Gasteiger charge is -2.32. The number of hydrogen-bond acceptors (Lipinski definition) is 5. The lowest BCUT2D eigenvalue weighted by molar-refractivity contribution is -0.127. The molecule has 1 unspecified atom stereocenters. The maximum atomic E-state index is 13.3. The van der Waals surface area contributed by atoms with Gasteiger partial charge in [-0.05, 0) is 80.3 Å². The van der Waals surface area contributed by atoms with E-state index >= 15 is 0 Å². The molecule has 0 bridgehead atoms. The van der Waals surface area contributed by atoms with Gasteiger partial charge in [-0.3, -0.25) is 9.69 Å². The van der Waals surface area contributed by atoms with Crippen LogP contribution in [0.2, 0.25) is 0 Å². The zero-order chi connectivity index (χ0) is 21.3. The zero-order valence-electron chi connectivity index (χ0n) is 16.8. The first-order valence-electron chi connectivity index (χ1n) is 10.2. The highest BCUT2D eigenvalue weighted by molar-refractivity contribution is 5.85. The first-order chi connectivity index (χ1) is 14.4. The summed E-state index contributed by atoms with van der Waals surface area (Å²) in [6.45, 7) is 0.397. The third-order valence-corrected chi connectivity index (χ3v) is 5.68. The molecule has 5 nitrogen and oxygen atoms in total. The Kier molecular flexibility index (Phi) is 6.01. The van der Waals surface area contributed by atoms with Gasteiger partial charge in [0.25, 0.3) is 0 Å². The van der Waals surface area contributed by atoms with Crippen LogP contribution in [0.25, 0.3) is 0 Å². The predicted molar refractivity (Wildman–Crippen MR) is 107 cm³/mol. The van der Waals surface area contributed by atoms with E-state index in [0.29, 0.717) is 37.2 Å². The summed E-state index contributed by atoms with van der Waals surface area (Å²) in [6, 6.07) is 8.71. The topological polar surface area (TPSA) is 59.0 Å². The van der Waals surface area contributed by atoms with Crippen molar-refractivity contribution in [1.29, 1.82) is 0 Å². The number of ether oxygens (including phenoxy) is 2. The molecule has 0 saturated heterocycles. The van der Waals surface area contributed by atoms with Crippen molar-refractivity contribution in [2.24, 2.45) is 0 Å². The Bertz CT molecular complexity index is 935. The molecule has 0 aliphatic carbocycles. The van der Waals surface area contributed by atoms with Crippen molar-refractivity contribution in [2.75, 3.05) is 20.1 Å². The Morgan fingerprint density at radius 2 is 1.67 bits per heavy atom. The number of rotatable bonds is 6. The van der Waals surface area contributed by atoms with E-state index in [0.717, 1.165) is 11.1 Å². The molecule has 2 aromatic rings. The van der Waals surface area contributed by atoms with Crippen LogP contribution in [-0.2, 0) is 17.6 Å². The number of nitrogens with zero attached hydrogens (tertiary/aromatic N) is 1. The highest BCUT2D eigenvalue weighted by atomic mass is 19.1. The number of Topliss-reactive ketones (excluding diaryl/α,β-unsaturated/α-hetero) is 1. The predicted octanol–water partition coefficient (Wildman–Crippen LogP) is 2.91. The third kappa shape index (κ3) is 4.63. The maximum Gasteiger partial charge on any atom is 0.187 e. The highest BCUT2D eigenvalue weighted by Crippen LogP contribution is 2.30. The van der Waals surface area contributed by atoms with Crippen molar-refractivity contribution in [3.63, 3.8) is 0 Å². The molecule has 2 aliphatic heterocycles. The number of likely N-dealkylation sites (N-methyl/N-ethyl adjacent to an activating group) is 1. The second-order valence-electron chi connectivity index (χ2n) is 8.07. The third-order valence-electron chi connectivity index (χ3n) is 5.68. The van der Waals surface area contributed by atoms with Gasteiger partial charge in [0.2, 0.25) is 0 Å². The first-order valence-corrected chi connectivity index (χ1v) is 10.2. The minimum absolute atomic E-state index is 0.0786. The number of aliphatic hydroxyl groups is 1. The van der Waals surface area contributed by atoms with E-state index in [1.165, 1.54) is 24.3 Å². The van der Waals surface area contributed by atoms with Gasteiger partial charge in [0.15, 0.2) is 11.9 Å². The molecular weight excluding hydrogens is 392 g/mol. The van der Waals surface area contributed by atoms with Crippen LogP contribution in [0, 0.1) is 11.6 Å². The average Bonchev–Trinajstić information content (AvgIpc) is 2.72. The van der Waals surface area contributed by atoms with E-state index in [2.05, 4.69) is 0 Å². The van der Waals surface area contributed by atoms with Gasteiger partial charge >= 0.3 is 0 Å². The van der Waals surface area contributed by atoms with Crippen molar-refractivity contribution in [3.8, 4) is 11.5 Å². The summed E-state index contributed by atoms with van der Waals surface area (Å²) in [6.07, 6.45) is 0.544. The van der Waals surface area contributed by atoms with Crippen LogP contribution in [0.3, 0.4) is 0 Å². The van der Waals surface area contributed by atoms with Gasteiger partial charge in [-0.15, -0.1) is 0 Å². The zero-order valence-corrected chi connectivity index (χ0v) is 16.8. The summed E-state index contributed by atoms with van der Waals surface area (Å²) in [5, 5.41) is 10.6. The fourth-order valence-corrected chi connectivity index (χ4v) is 4.10. The second-order valence-corrected chi connectivity index (χ2v) is 8.07. The molecule has 0 fully saturated rings. The second kappa shape index (κ2) is 8.70. The lowest BCUT2D eigenvalue weighted by atomic mass is 9.98. The van der Waals surface area contributed by atoms with Crippen LogP contribution in [0.4, 0.5) is 8.78 Å². The van der Waals surface area contributed by atoms with E-state index in [1.54, 1.807) is 24.1 Å². The summed E-state index contributed by atoms with van der Waals surface area (Å²) in [5.41, 5.74) is 1.58. The molecule has 2 heterocycles. The van der Waals surface area contributed by atoms with Gasteiger partial charge in [0, 0.05) is 6.54 Å². The molecule has 0 amide bonds. The van der Waals surface area contributed by atoms with Gasteiger partial charge in [-0.25, -0.2) is 8.78 Å². The SMILES string of the molecule is CN(CC(=O)C1CCc2cc(F)ccc2O1)C[C@H](O)[C@H]1CCc2cc(F)ccc2O1. The van der Waals surface area contributed by atoms with Gasteiger partial charge in [-0.2, -0.15) is 0 Å². The van der Waals surface area contributed by atoms with Crippen LogP contribution in [0.5, 0.6) is 11.5 Å². The van der Waals surface area contributed by atoms with E-state index < -0.39 is 18.3 Å². The molecule has 0 aromatic heterocycles. The number of fused-ring (bicyclic) bond motifs is 2. The Balaban J connectivity index is 1.29. The van der Waals surface area contributed by atoms with Crippen molar-refractivity contribution in [1.82, 2.24) is 4.90 Å². The lowest BCUT2D eigenvalue weighted by Crippen LogP contribution is -2.45. The van der Waals surface area contributed by atoms with E-state index in [1.807, 2.05) is 0 Å². The van der Waals surface area contributed by atoms with Crippen molar-refractivity contribution in [3.05, 3.63) is 59.2 Å². The van der Waals surface area contributed by atoms with Crippen molar-refractivity contribution < 1.29 is 28.2 Å². The number of halogens is 2. The maximum absolute atomic E-state index is 13.3. The molecule has 0 radical (unpaired) electrons. The molecular formula is C23H25F2NO4. The van der Waals surface area contributed by atoms with Crippen LogP contribution >= 0.6 is 0 Å². The monoisotopic (exact) mass is 417 g/mol. The van der Waals surface area contributed by atoms with Crippen LogP contribution in [-0.4, -0.2) is 54.2 Å². The Morgan fingerprint density at radius 3 is 2.33 bits per heavy atom. The highest BCUT2D eigenvalue weighted by Gasteiger charge is 2.30. The molecule has 0 saturated carbocycles. The van der Waals surface area contributed by atoms with Gasteiger partial charge in [-0.1, -0.05) is 0 Å². The van der Waals surface area contributed by atoms with Crippen LogP contribution in [0.1, 0.15) is 24.0 Å². The standard InChI is InChI=1S/C23H25F2NO4/c1-26(12-18(27)22-6-2-14-10-16(24)4-8-20(14)29-22)13-19(28)23-7-3-15-11-17(25)5-9-21(15)30-23/h4-5,8-11,18,22-23,27H,2-3,6-7,12-13H2,1H3/t18-,22+,23?/m0/s1. The minimum Gasteiger partial charge on any atom is -0.487 e. The first kappa shape index (κ1) is 20.8. The number of hydrogen-bond donors (Lipinski definition) is 1. The van der Waals surface area contributed by atoms with E-state index in [4.69, 9.17) is 9.47 Å². The van der Waals surface area contributed by atoms with Gasteiger partial charge in [0.05, 0.1) is 6.54 Å². The normalized spacial score (nSPS) is 21.2. The molecule has 30 heavy (non-hydrogen) atoms. The van der Waals surface area contributed by atoms with Crippen LogP contribution in [0.15, 0.2) is 36.4 Å². The number of aryl methyl sites for hydroxylation is 2. The Hall–Kier alpha value is -2.51. The van der Waals surface area contributed by atoms with Crippen molar-refractivity contribution in [2.45, 2.75) is 44.0 Å². The fourth-order valence-electron chi connectivity index (χ4n) is 4.10. The summed E-state index contributed by atoms with van der Waals surface area (Å²) in [5.74, 6) is 0.455. The minimum atomic E-state index is -0.781. The van der Waals surface area contributed by atoms with E-state index in [-0.39, 0.29) is 30.5 Å². The number of aliphatic hydroxyl groups excluding tert-OH is 1. The average molecular weight is 417 g/mol. The Labute approximate surface area is 174 Å². The summed E-state index contributed by atoms with van der Waals surface area (Å²) in [7, 11) is 1.76. The summed E-state index contributed by atoms with van der Waals surface area (Å²) < 4.78 is 38.2. The number of carbonyl (C=O) groups excluding carboxylic acids is 1. The number of ketones is 1.